The molecule has 4 nitrogen and oxygen atoms in total. The maximum absolute atomic E-state index is 11.1. The van der Waals surface area contributed by atoms with Crippen molar-refractivity contribution < 1.29 is 15.0 Å². The first-order chi connectivity index (χ1) is 6.15. The summed E-state index contributed by atoms with van der Waals surface area (Å²) in [4.78, 5) is 11.1. The number of hydrogen-bond acceptors (Lipinski definition) is 4. The lowest BCUT2D eigenvalue weighted by Gasteiger charge is -1.99. The smallest absolute Gasteiger partial charge is 0.177 e. The van der Waals surface area contributed by atoms with Gasteiger partial charge in [0.15, 0.2) is 17.3 Å². The Kier molecular flexibility index (Phi) is 2.50. The average Bonchev–Trinajstić information content (AvgIpc) is 2.10. The number of phenols is 2. The summed E-state index contributed by atoms with van der Waals surface area (Å²) in [6, 6.07) is 5.40. The molecule has 0 heterocycles. The molecular formula is C9H7NO3. The molecule has 0 aliphatic heterocycles. The number of ketones is 1. The van der Waals surface area contributed by atoms with Crippen LogP contribution in [0, 0.1) is 11.3 Å². The highest BCUT2D eigenvalue weighted by atomic mass is 16.3. The third kappa shape index (κ3) is 1.97. The van der Waals surface area contributed by atoms with Gasteiger partial charge >= 0.3 is 0 Å². The van der Waals surface area contributed by atoms with Crippen molar-refractivity contribution >= 4 is 5.78 Å². The van der Waals surface area contributed by atoms with Crippen LogP contribution < -0.4 is 0 Å². The van der Waals surface area contributed by atoms with Crippen LogP contribution in [-0.2, 0) is 0 Å². The number of rotatable bonds is 2. The van der Waals surface area contributed by atoms with E-state index < -0.39 is 0 Å². The van der Waals surface area contributed by atoms with Crippen LogP contribution in [0.3, 0.4) is 0 Å². The first-order valence-electron chi connectivity index (χ1n) is 3.57. The SMILES string of the molecule is N#CCC(=O)c1ccc(O)c(O)c1. The molecular weight excluding hydrogens is 170 g/mol. The van der Waals surface area contributed by atoms with Gasteiger partial charge in [-0.2, -0.15) is 5.26 Å². The van der Waals surface area contributed by atoms with Gasteiger partial charge in [-0.15, -0.1) is 0 Å². The summed E-state index contributed by atoms with van der Waals surface area (Å²) >= 11 is 0. The van der Waals surface area contributed by atoms with Crippen molar-refractivity contribution in [2.24, 2.45) is 0 Å². The molecule has 66 valence electrons. The summed E-state index contributed by atoms with van der Waals surface area (Å²) in [6.07, 6.45) is -0.232. The van der Waals surface area contributed by atoms with Crippen LogP contribution in [0.4, 0.5) is 0 Å². The van der Waals surface area contributed by atoms with E-state index in [1.54, 1.807) is 6.07 Å². The minimum absolute atomic E-state index is 0.219. The Bertz CT molecular complexity index is 379. The van der Waals surface area contributed by atoms with Gasteiger partial charge < -0.3 is 10.2 Å². The lowest BCUT2D eigenvalue weighted by Crippen LogP contribution is -1.96. The van der Waals surface area contributed by atoms with E-state index in [0.29, 0.717) is 0 Å². The van der Waals surface area contributed by atoms with Crippen LogP contribution >= 0.6 is 0 Å². The number of phenolic OH excluding ortho intramolecular Hbond substituents is 2. The summed E-state index contributed by atoms with van der Waals surface area (Å²) in [7, 11) is 0. The third-order valence-corrected chi connectivity index (χ3v) is 1.54. The zero-order chi connectivity index (χ0) is 9.84. The number of aromatic hydroxyl groups is 2. The van der Waals surface area contributed by atoms with Crippen molar-refractivity contribution in [3.05, 3.63) is 23.8 Å². The molecule has 2 N–H and O–H groups in total. The van der Waals surface area contributed by atoms with Crippen LogP contribution in [0.2, 0.25) is 0 Å². The molecule has 0 radical (unpaired) electrons. The van der Waals surface area contributed by atoms with Gasteiger partial charge in [0.05, 0.1) is 12.5 Å². The maximum atomic E-state index is 11.1. The minimum Gasteiger partial charge on any atom is -0.504 e. The Hall–Kier alpha value is -2.02. The quantitative estimate of drug-likeness (QED) is 0.525. The van der Waals surface area contributed by atoms with E-state index in [1.165, 1.54) is 12.1 Å². The summed E-state index contributed by atoms with van der Waals surface area (Å²) < 4.78 is 0. The predicted molar refractivity (Wildman–Crippen MR) is 44.3 cm³/mol. The molecule has 1 aromatic carbocycles. The fourth-order valence-electron chi connectivity index (χ4n) is 0.871. The van der Waals surface area contributed by atoms with Gasteiger partial charge in [-0.05, 0) is 18.2 Å². The van der Waals surface area contributed by atoms with Gasteiger partial charge in [-0.3, -0.25) is 4.79 Å². The number of nitriles is 1. The number of carbonyl (C=O) groups is 1. The van der Waals surface area contributed by atoms with Crippen LogP contribution in [0.1, 0.15) is 16.8 Å². The fraction of sp³-hybridized carbons (Fsp3) is 0.111. The second kappa shape index (κ2) is 3.59. The summed E-state index contributed by atoms with van der Waals surface area (Å²) in [5, 5.41) is 26.2. The van der Waals surface area contributed by atoms with Crippen molar-refractivity contribution in [1.29, 1.82) is 5.26 Å². The normalized spacial score (nSPS) is 9.15. The van der Waals surface area contributed by atoms with E-state index in [0.717, 1.165) is 6.07 Å². The van der Waals surface area contributed by atoms with Crippen LogP contribution in [-0.4, -0.2) is 16.0 Å². The Morgan fingerprint density at radius 1 is 1.38 bits per heavy atom. The Balaban J connectivity index is 2.98. The van der Waals surface area contributed by atoms with Crippen LogP contribution in [0.5, 0.6) is 11.5 Å². The number of Topliss-reactive ketones (excluding diaryl/α,β-unsaturated/α-hetero) is 1. The van der Waals surface area contributed by atoms with Crippen molar-refractivity contribution in [3.63, 3.8) is 0 Å². The first kappa shape index (κ1) is 9.07. The van der Waals surface area contributed by atoms with E-state index >= 15 is 0 Å². The molecule has 0 bridgehead atoms. The van der Waals surface area contributed by atoms with Gasteiger partial charge in [0.2, 0.25) is 0 Å². The molecule has 0 atom stereocenters. The first-order valence-corrected chi connectivity index (χ1v) is 3.57. The van der Waals surface area contributed by atoms with Crippen molar-refractivity contribution in [3.8, 4) is 17.6 Å². The third-order valence-electron chi connectivity index (χ3n) is 1.54. The Labute approximate surface area is 74.7 Å². The molecule has 4 heteroatoms. The summed E-state index contributed by atoms with van der Waals surface area (Å²) in [5.74, 6) is -1.02. The van der Waals surface area contributed by atoms with E-state index in [4.69, 9.17) is 15.5 Å². The van der Waals surface area contributed by atoms with Crippen molar-refractivity contribution in [1.82, 2.24) is 0 Å². The number of carbonyl (C=O) groups excluding carboxylic acids is 1. The second-order valence-corrected chi connectivity index (χ2v) is 2.46. The number of nitrogens with zero attached hydrogens (tertiary/aromatic N) is 1. The van der Waals surface area contributed by atoms with Gasteiger partial charge in [0, 0.05) is 5.56 Å². The van der Waals surface area contributed by atoms with Crippen LogP contribution in [0.15, 0.2) is 18.2 Å². The Morgan fingerprint density at radius 3 is 2.62 bits per heavy atom. The molecule has 0 spiro atoms. The minimum atomic E-state index is -0.377. The van der Waals surface area contributed by atoms with Gasteiger partial charge in [0.1, 0.15) is 0 Å². The fourth-order valence-corrected chi connectivity index (χ4v) is 0.871. The maximum Gasteiger partial charge on any atom is 0.177 e. The molecule has 0 aliphatic rings. The average molecular weight is 177 g/mol. The molecule has 0 saturated carbocycles. The van der Waals surface area contributed by atoms with E-state index in [2.05, 4.69) is 0 Å². The number of benzene rings is 1. The van der Waals surface area contributed by atoms with E-state index in [1.807, 2.05) is 0 Å². The molecule has 0 saturated heterocycles. The second-order valence-electron chi connectivity index (χ2n) is 2.46. The molecule has 0 aliphatic carbocycles. The molecule has 0 aromatic heterocycles. The van der Waals surface area contributed by atoms with E-state index in [9.17, 15) is 4.79 Å². The zero-order valence-electron chi connectivity index (χ0n) is 6.69. The number of hydrogen-bond donors (Lipinski definition) is 2. The summed E-state index contributed by atoms with van der Waals surface area (Å²) in [6.45, 7) is 0. The lowest BCUT2D eigenvalue weighted by molar-refractivity contribution is 0.0997. The van der Waals surface area contributed by atoms with Crippen LogP contribution in [0.25, 0.3) is 0 Å². The predicted octanol–water partition coefficient (Wildman–Crippen LogP) is 1.19. The molecule has 1 rings (SSSR count). The molecule has 0 unspecified atom stereocenters. The molecule has 0 amide bonds. The molecule has 13 heavy (non-hydrogen) atoms. The monoisotopic (exact) mass is 177 g/mol. The van der Waals surface area contributed by atoms with Gasteiger partial charge in [0.25, 0.3) is 0 Å². The topological polar surface area (TPSA) is 81.3 Å². The Morgan fingerprint density at radius 2 is 2.08 bits per heavy atom. The largest absolute Gasteiger partial charge is 0.504 e. The van der Waals surface area contributed by atoms with E-state index in [-0.39, 0.29) is 29.3 Å². The standard InChI is InChI=1S/C9H7NO3/c10-4-3-7(11)6-1-2-8(12)9(13)5-6/h1-2,5,12-13H,3H2. The zero-order valence-corrected chi connectivity index (χ0v) is 6.69. The highest BCUT2D eigenvalue weighted by molar-refractivity contribution is 5.97. The van der Waals surface area contributed by atoms with Gasteiger partial charge in [-0.25, -0.2) is 0 Å². The van der Waals surface area contributed by atoms with Gasteiger partial charge in [-0.1, -0.05) is 0 Å². The van der Waals surface area contributed by atoms with Crippen molar-refractivity contribution in [2.45, 2.75) is 6.42 Å². The van der Waals surface area contributed by atoms with Crippen molar-refractivity contribution in [2.75, 3.05) is 0 Å². The highest BCUT2D eigenvalue weighted by Gasteiger charge is 2.07. The highest BCUT2D eigenvalue weighted by Crippen LogP contribution is 2.25. The molecule has 0 fully saturated rings. The lowest BCUT2D eigenvalue weighted by atomic mass is 10.1. The summed E-state index contributed by atoms with van der Waals surface area (Å²) in [5.41, 5.74) is 0.219. The molecule has 1 aromatic rings.